The minimum absolute atomic E-state index is 0.0367. The molecule has 0 aromatic carbocycles. The van der Waals surface area contributed by atoms with E-state index in [1.165, 1.54) is 6.92 Å². The molecule has 0 spiro atoms. The molecule has 0 rings (SSSR count). The Bertz CT molecular complexity index is 250. The van der Waals surface area contributed by atoms with Crippen LogP contribution in [0.5, 0.6) is 0 Å². The number of primary amides is 1. The van der Waals surface area contributed by atoms with E-state index in [0.717, 1.165) is 0 Å². The lowest BCUT2D eigenvalue weighted by atomic mass is 10.3. The summed E-state index contributed by atoms with van der Waals surface area (Å²) < 4.78 is 21.9. The van der Waals surface area contributed by atoms with Gasteiger partial charge in [-0.2, -0.15) is 0 Å². The molecule has 0 radical (unpaired) electrons. The van der Waals surface area contributed by atoms with Crippen LogP contribution in [-0.4, -0.2) is 31.2 Å². The van der Waals surface area contributed by atoms with Gasteiger partial charge in [-0.15, -0.1) is 11.6 Å². The van der Waals surface area contributed by atoms with Crippen LogP contribution in [0.1, 0.15) is 13.3 Å². The van der Waals surface area contributed by atoms with E-state index in [4.69, 9.17) is 17.3 Å². The normalized spacial score (nSPS) is 14.2. The SMILES string of the molecule is CCS(=O)(=O)CC(Cl)CC(N)=O. The number of halogens is 1. The lowest BCUT2D eigenvalue weighted by Crippen LogP contribution is -2.23. The van der Waals surface area contributed by atoms with Crippen LogP contribution >= 0.6 is 11.6 Å². The molecule has 4 nitrogen and oxygen atoms in total. The number of amides is 1. The molecule has 0 aliphatic carbocycles. The quantitative estimate of drug-likeness (QED) is 0.648. The monoisotopic (exact) mass is 213 g/mol. The number of alkyl halides is 1. The molecule has 72 valence electrons. The van der Waals surface area contributed by atoms with Gasteiger partial charge < -0.3 is 5.73 Å². The van der Waals surface area contributed by atoms with Crippen molar-refractivity contribution in [3.05, 3.63) is 0 Å². The summed E-state index contributed by atoms with van der Waals surface area (Å²) in [5.41, 5.74) is 4.84. The molecule has 0 aromatic heterocycles. The van der Waals surface area contributed by atoms with Crippen molar-refractivity contribution in [1.29, 1.82) is 0 Å². The molecule has 12 heavy (non-hydrogen) atoms. The molecule has 0 heterocycles. The minimum atomic E-state index is -3.10. The van der Waals surface area contributed by atoms with Gasteiger partial charge in [-0.25, -0.2) is 8.42 Å². The third-order valence-corrected chi connectivity index (χ3v) is 3.58. The lowest BCUT2D eigenvalue weighted by molar-refractivity contribution is -0.117. The summed E-state index contributed by atoms with van der Waals surface area (Å²) in [6.07, 6.45) is -0.0964. The van der Waals surface area contributed by atoms with Crippen molar-refractivity contribution < 1.29 is 13.2 Å². The Balaban J connectivity index is 4.01. The van der Waals surface area contributed by atoms with Gasteiger partial charge in [-0.1, -0.05) is 6.92 Å². The fourth-order valence-corrected chi connectivity index (χ4v) is 2.30. The van der Waals surface area contributed by atoms with Crippen molar-refractivity contribution in [1.82, 2.24) is 0 Å². The van der Waals surface area contributed by atoms with Crippen molar-refractivity contribution in [2.45, 2.75) is 18.7 Å². The fourth-order valence-electron chi connectivity index (χ4n) is 0.671. The zero-order valence-electron chi connectivity index (χ0n) is 6.79. The van der Waals surface area contributed by atoms with Crippen molar-refractivity contribution >= 4 is 27.3 Å². The Morgan fingerprint density at radius 1 is 1.58 bits per heavy atom. The van der Waals surface area contributed by atoms with E-state index in [1.807, 2.05) is 0 Å². The first-order chi connectivity index (χ1) is 5.37. The summed E-state index contributed by atoms with van der Waals surface area (Å²) >= 11 is 5.56. The van der Waals surface area contributed by atoms with Crippen molar-refractivity contribution in [3.8, 4) is 0 Å². The summed E-state index contributed by atoms with van der Waals surface area (Å²) in [4.78, 5) is 10.3. The average molecular weight is 214 g/mol. The van der Waals surface area contributed by atoms with Gasteiger partial charge in [-0.3, -0.25) is 4.79 Å². The molecular formula is C6H12ClNO3S. The zero-order valence-corrected chi connectivity index (χ0v) is 8.36. The first kappa shape index (κ1) is 11.7. The number of sulfone groups is 1. The van der Waals surface area contributed by atoms with Crippen LogP contribution in [0.15, 0.2) is 0 Å². The third kappa shape index (κ3) is 5.37. The van der Waals surface area contributed by atoms with Crippen LogP contribution in [0.25, 0.3) is 0 Å². The van der Waals surface area contributed by atoms with E-state index < -0.39 is 21.1 Å². The summed E-state index contributed by atoms with van der Waals surface area (Å²) in [5, 5.41) is -0.701. The maximum absolute atomic E-state index is 11.0. The summed E-state index contributed by atoms with van der Waals surface area (Å²) in [6, 6.07) is 0. The number of hydrogen-bond acceptors (Lipinski definition) is 3. The van der Waals surface area contributed by atoms with E-state index in [1.54, 1.807) is 0 Å². The number of carbonyl (C=O) groups is 1. The molecule has 0 saturated heterocycles. The first-order valence-corrected chi connectivity index (χ1v) is 5.76. The molecule has 0 bridgehead atoms. The summed E-state index contributed by atoms with van der Waals surface area (Å²) in [5.74, 6) is -0.732. The van der Waals surface area contributed by atoms with Gasteiger partial charge in [0.15, 0.2) is 9.84 Å². The number of rotatable bonds is 5. The Labute approximate surface area is 77.0 Å². The predicted octanol–water partition coefficient (Wildman–Crippen LogP) is -0.0961. The van der Waals surface area contributed by atoms with Crippen LogP contribution in [0.2, 0.25) is 0 Å². The topological polar surface area (TPSA) is 77.2 Å². The molecule has 0 fully saturated rings. The van der Waals surface area contributed by atoms with E-state index in [0.29, 0.717) is 0 Å². The molecule has 0 aliphatic rings. The highest BCUT2D eigenvalue weighted by Crippen LogP contribution is 2.05. The maximum atomic E-state index is 11.0. The third-order valence-electron chi connectivity index (χ3n) is 1.30. The zero-order chi connectivity index (χ0) is 9.78. The molecular weight excluding hydrogens is 202 g/mol. The second-order valence-corrected chi connectivity index (χ2v) is 5.48. The minimum Gasteiger partial charge on any atom is -0.370 e. The highest BCUT2D eigenvalue weighted by atomic mass is 35.5. The summed E-state index contributed by atoms with van der Waals surface area (Å²) in [6.45, 7) is 1.53. The van der Waals surface area contributed by atoms with Crippen LogP contribution in [0, 0.1) is 0 Å². The molecule has 2 N–H and O–H groups in total. The van der Waals surface area contributed by atoms with Gasteiger partial charge >= 0.3 is 0 Å². The largest absolute Gasteiger partial charge is 0.370 e. The van der Waals surface area contributed by atoms with Gasteiger partial charge in [0, 0.05) is 12.2 Å². The Kier molecular flexibility index (Phi) is 4.55. The number of nitrogens with two attached hydrogens (primary N) is 1. The van der Waals surface area contributed by atoms with Crippen molar-refractivity contribution in [2.75, 3.05) is 11.5 Å². The molecule has 0 saturated carbocycles. The van der Waals surface area contributed by atoms with Crippen LogP contribution < -0.4 is 5.73 Å². The van der Waals surface area contributed by atoms with E-state index in [-0.39, 0.29) is 17.9 Å². The average Bonchev–Trinajstić information content (AvgIpc) is 1.84. The molecule has 1 atom stereocenters. The molecule has 1 unspecified atom stereocenters. The maximum Gasteiger partial charge on any atom is 0.218 e. The van der Waals surface area contributed by atoms with Crippen LogP contribution in [0.4, 0.5) is 0 Å². The Hall–Kier alpha value is -0.290. The second kappa shape index (κ2) is 4.67. The van der Waals surface area contributed by atoms with Gasteiger partial charge in [0.05, 0.1) is 11.1 Å². The summed E-state index contributed by atoms with van der Waals surface area (Å²) in [7, 11) is -3.10. The first-order valence-electron chi connectivity index (χ1n) is 3.50. The van der Waals surface area contributed by atoms with Crippen LogP contribution in [-0.2, 0) is 14.6 Å². The fraction of sp³-hybridized carbons (Fsp3) is 0.833. The molecule has 0 aromatic rings. The van der Waals surface area contributed by atoms with Gasteiger partial charge in [0.2, 0.25) is 5.91 Å². The highest BCUT2D eigenvalue weighted by Gasteiger charge is 2.16. The van der Waals surface area contributed by atoms with Gasteiger partial charge in [0.1, 0.15) is 0 Å². The predicted molar refractivity (Wildman–Crippen MR) is 47.8 cm³/mol. The van der Waals surface area contributed by atoms with E-state index >= 15 is 0 Å². The van der Waals surface area contributed by atoms with Gasteiger partial charge in [0.25, 0.3) is 0 Å². The molecule has 6 heteroatoms. The standard InChI is InChI=1S/C6H12ClNO3S/c1-2-12(10,11)4-5(7)3-6(8)9/h5H,2-4H2,1H3,(H2,8,9). The molecule has 0 aliphatic heterocycles. The second-order valence-electron chi connectivity index (χ2n) is 2.47. The molecule has 1 amide bonds. The van der Waals surface area contributed by atoms with Gasteiger partial charge in [-0.05, 0) is 0 Å². The highest BCUT2D eigenvalue weighted by molar-refractivity contribution is 7.91. The van der Waals surface area contributed by atoms with E-state index in [9.17, 15) is 13.2 Å². The van der Waals surface area contributed by atoms with E-state index in [2.05, 4.69) is 0 Å². The number of hydrogen-bond donors (Lipinski definition) is 1. The Morgan fingerprint density at radius 3 is 2.42 bits per heavy atom. The number of carbonyl (C=O) groups excluding carboxylic acids is 1. The van der Waals surface area contributed by atoms with Crippen molar-refractivity contribution in [2.24, 2.45) is 5.73 Å². The Morgan fingerprint density at radius 2 is 2.08 bits per heavy atom. The smallest absolute Gasteiger partial charge is 0.218 e. The van der Waals surface area contributed by atoms with Crippen molar-refractivity contribution in [3.63, 3.8) is 0 Å². The van der Waals surface area contributed by atoms with Crippen LogP contribution in [0.3, 0.4) is 0 Å². The lowest BCUT2D eigenvalue weighted by Gasteiger charge is -2.05.